The number of nitrogens with zero attached hydrogens (tertiary/aromatic N) is 2. The molecule has 19 heavy (non-hydrogen) atoms. The Bertz CT molecular complexity index is 588. The highest BCUT2D eigenvalue weighted by molar-refractivity contribution is 5.93. The van der Waals surface area contributed by atoms with Crippen LogP contribution in [0.25, 0.3) is 11.0 Å². The topological polar surface area (TPSA) is 87.0 Å². The van der Waals surface area contributed by atoms with Gasteiger partial charge in [0.25, 0.3) is 0 Å². The van der Waals surface area contributed by atoms with E-state index in [0.717, 1.165) is 47.8 Å². The third-order valence-corrected chi connectivity index (χ3v) is 3.63. The molecule has 1 aromatic carbocycles. The molecule has 6 heteroatoms. The van der Waals surface area contributed by atoms with Crippen molar-refractivity contribution in [1.82, 2.24) is 15.3 Å². The van der Waals surface area contributed by atoms with Gasteiger partial charge in [-0.1, -0.05) is 6.07 Å². The number of hydrogen-bond acceptors (Lipinski definition) is 4. The lowest BCUT2D eigenvalue weighted by Crippen LogP contribution is -2.29. The summed E-state index contributed by atoms with van der Waals surface area (Å²) in [4.78, 5) is 18.8. The van der Waals surface area contributed by atoms with Crippen LogP contribution in [-0.2, 0) is 4.79 Å². The van der Waals surface area contributed by atoms with Gasteiger partial charge >= 0.3 is 0 Å². The maximum absolute atomic E-state index is 10.8. The van der Waals surface area contributed by atoms with E-state index in [1.165, 1.54) is 0 Å². The van der Waals surface area contributed by atoms with E-state index >= 15 is 0 Å². The number of hydrogen-bond donors (Lipinski definition) is 3. The molecule has 1 amide bonds. The second-order valence-electron chi connectivity index (χ2n) is 4.83. The molecule has 0 radical (unpaired) electrons. The monoisotopic (exact) mass is 259 g/mol. The number of carbonyl (C=O) groups excluding carboxylic acids is 1. The average molecular weight is 259 g/mol. The van der Waals surface area contributed by atoms with Gasteiger partial charge in [0.1, 0.15) is 11.3 Å². The molecule has 0 unspecified atom stereocenters. The minimum atomic E-state index is 0.448. The number of anilines is 1. The van der Waals surface area contributed by atoms with Crippen LogP contribution in [-0.4, -0.2) is 29.5 Å². The molecular weight excluding hydrogens is 242 g/mol. The minimum Gasteiger partial charge on any atom is -0.342 e. The molecule has 1 fully saturated rings. The quantitative estimate of drug-likeness (QED) is 0.330. The Hall–Kier alpha value is -1.92. The summed E-state index contributed by atoms with van der Waals surface area (Å²) in [5.41, 5.74) is 2.30. The number of nitrogens with one attached hydrogen (secondary N) is 2. The fraction of sp³-hybridized carbons (Fsp3) is 0.385. The summed E-state index contributed by atoms with van der Waals surface area (Å²) in [6.45, 7) is 2.04. The maximum atomic E-state index is 10.8. The van der Waals surface area contributed by atoms with Crippen molar-refractivity contribution in [3.8, 4) is 0 Å². The molecule has 3 rings (SSSR count). The van der Waals surface area contributed by atoms with E-state index in [4.69, 9.17) is 5.84 Å². The molecule has 2 aromatic rings. The number of H-pyrrole nitrogens is 1. The number of aromatic amines is 1. The van der Waals surface area contributed by atoms with Gasteiger partial charge in [-0.15, -0.1) is 0 Å². The van der Waals surface area contributed by atoms with Gasteiger partial charge in [0, 0.05) is 5.92 Å². The molecule has 0 atom stereocenters. The molecule has 2 heterocycles. The van der Waals surface area contributed by atoms with Gasteiger partial charge in [0.15, 0.2) is 0 Å². The number of hydrazine groups is 1. The van der Waals surface area contributed by atoms with Crippen molar-refractivity contribution in [2.24, 2.45) is 5.84 Å². The smallest absolute Gasteiger partial charge is 0.228 e. The summed E-state index contributed by atoms with van der Waals surface area (Å²) >= 11 is 0. The molecule has 4 N–H and O–H groups in total. The molecule has 1 aromatic heterocycles. The van der Waals surface area contributed by atoms with E-state index in [2.05, 4.69) is 15.3 Å². The SMILES string of the molecule is NN(C=O)c1cccc2[nH]c(C3CCNCC3)nc12. The molecule has 0 aliphatic carbocycles. The Morgan fingerprint density at radius 2 is 2.16 bits per heavy atom. The average Bonchev–Trinajstić information content (AvgIpc) is 2.91. The van der Waals surface area contributed by atoms with Crippen molar-refractivity contribution in [2.75, 3.05) is 18.1 Å². The minimum absolute atomic E-state index is 0.448. The number of amides is 1. The summed E-state index contributed by atoms with van der Waals surface area (Å²) in [7, 11) is 0. The van der Waals surface area contributed by atoms with Crippen molar-refractivity contribution < 1.29 is 4.79 Å². The van der Waals surface area contributed by atoms with Gasteiger partial charge in [-0.05, 0) is 38.1 Å². The Balaban J connectivity index is 2.02. The van der Waals surface area contributed by atoms with Gasteiger partial charge in [0.2, 0.25) is 6.41 Å². The van der Waals surface area contributed by atoms with Gasteiger partial charge < -0.3 is 10.3 Å². The number of rotatable bonds is 3. The van der Waals surface area contributed by atoms with Crippen LogP contribution in [0.1, 0.15) is 24.6 Å². The van der Waals surface area contributed by atoms with E-state index in [1.807, 2.05) is 12.1 Å². The Kier molecular flexibility index (Phi) is 3.18. The molecule has 1 saturated heterocycles. The number of piperidine rings is 1. The molecule has 1 aliphatic rings. The van der Waals surface area contributed by atoms with E-state index in [1.54, 1.807) is 6.07 Å². The Morgan fingerprint density at radius 1 is 1.37 bits per heavy atom. The first-order chi connectivity index (χ1) is 9.29. The highest BCUT2D eigenvalue weighted by atomic mass is 16.1. The summed E-state index contributed by atoms with van der Waals surface area (Å²) in [6, 6.07) is 5.62. The fourth-order valence-corrected chi connectivity index (χ4v) is 2.59. The van der Waals surface area contributed by atoms with Gasteiger partial charge in [-0.3, -0.25) is 4.79 Å². The summed E-state index contributed by atoms with van der Waals surface area (Å²) in [5, 5.41) is 4.41. The molecule has 100 valence electrons. The predicted octanol–water partition coefficient (Wildman–Crippen LogP) is 0.866. The van der Waals surface area contributed by atoms with Crippen molar-refractivity contribution >= 4 is 23.1 Å². The second kappa shape index (κ2) is 4.99. The van der Waals surface area contributed by atoms with Crippen LogP contribution in [0.2, 0.25) is 0 Å². The number of para-hydroxylation sites is 1. The molecule has 0 bridgehead atoms. The van der Waals surface area contributed by atoms with Crippen LogP contribution in [0.4, 0.5) is 5.69 Å². The molecule has 0 saturated carbocycles. The van der Waals surface area contributed by atoms with E-state index in [9.17, 15) is 4.79 Å². The highest BCUT2D eigenvalue weighted by Gasteiger charge is 2.19. The number of carbonyl (C=O) groups is 1. The van der Waals surface area contributed by atoms with E-state index < -0.39 is 0 Å². The lowest BCUT2D eigenvalue weighted by atomic mass is 9.98. The lowest BCUT2D eigenvalue weighted by molar-refractivity contribution is -0.107. The zero-order valence-electron chi connectivity index (χ0n) is 10.6. The number of benzene rings is 1. The fourth-order valence-electron chi connectivity index (χ4n) is 2.59. The molecule has 6 nitrogen and oxygen atoms in total. The molecule has 0 spiro atoms. The normalized spacial score (nSPS) is 16.7. The zero-order chi connectivity index (χ0) is 13.2. The third-order valence-electron chi connectivity index (χ3n) is 3.63. The van der Waals surface area contributed by atoms with Crippen molar-refractivity contribution in [1.29, 1.82) is 0 Å². The first kappa shape index (κ1) is 12.1. The number of nitrogens with two attached hydrogens (primary N) is 1. The largest absolute Gasteiger partial charge is 0.342 e. The standard InChI is InChI=1S/C13H17N5O/c14-18(8-19)11-3-1-2-10-12(11)17-13(16-10)9-4-6-15-7-5-9/h1-3,8-9,15H,4-7,14H2,(H,16,17). The van der Waals surface area contributed by atoms with Crippen LogP contribution < -0.4 is 16.2 Å². The maximum Gasteiger partial charge on any atom is 0.228 e. The van der Waals surface area contributed by atoms with E-state index in [0.29, 0.717) is 18.0 Å². The van der Waals surface area contributed by atoms with Crippen LogP contribution in [0.5, 0.6) is 0 Å². The highest BCUT2D eigenvalue weighted by Crippen LogP contribution is 2.28. The van der Waals surface area contributed by atoms with Crippen molar-refractivity contribution in [3.05, 3.63) is 24.0 Å². The van der Waals surface area contributed by atoms with Gasteiger partial charge in [-0.25, -0.2) is 15.8 Å². The summed E-state index contributed by atoms with van der Waals surface area (Å²) in [5.74, 6) is 7.09. The third kappa shape index (κ3) is 2.20. The number of fused-ring (bicyclic) bond motifs is 1. The van der Waals surface area contributed by atoms with Gasteiger partial charge in [-0.2, -0.15) is 0 Å². The van der Waals surface area contributed by atoms with Crippen LogP contribution in [0, 0.1) is 0 Å². The van der Waals surface area contributed by atoms with Crippen LogP contribution in [0.3, 0.4) is 0 Å². The Labute approximate surface area is 111 Å². The zero-order valence-corrected chi connectivity index (χ0v) is 10.6. The lowest BCUT2D eigenvalue weighted by Gasteiger charge is -2.20. The van der Waals surface area contributed by atoms with Crippen LogP contribution >= 0.6 is 0 Å². The summed E-state index contributed by atoms with van der Waals surface area (Å²) < 4.78 is 0. The first-order valence-corrected chi connectivity index (χ1v) is 6.48. The summed E-state index contributed by atoms with van der Waals surface area (Å²) in [6.07, 6.45) is 2.75. The van der Waals surface area contributed by atoms with Crippen LogP contribution in [0.15, 0.2) is 18.2 Å². The number of aromatic nitrogens is 2. The van der Waals surface area contributed by atoms with Gasteiger partial charge in [0.05, 0.1) is 11.2 Å². The van der Waals surface area contributed by atoms with Crippen molar-refractivity contribution in [3.63, 3.8) is 0 Å². The molecule has 1 aliphatic heterocycles. The Morgan fingerprint density at radius 3 is 2.89 bits per heavy atom. The predicted molar refractivity (Wildman–Crippen MR) is 73.7 cm³/mol. The van der Waals surface area contributed by atoms with Crippen molar-refractivity contribution in [2.45, 2.75) is 18.8 Å². The second-order valence-corrected chi connectivity index (χ2v) is 4.83. The molecular formula is C13H17N5O. The van der Waals surface area contributed by atoms with E-state index in [-0.39, 0.29) is 0 Å². The first-order valence-electron chi connectivity index (χ1n) is 6.48. The number of imidazole rings is 1.